The Morgan fingerprint density at radius 1 is 1.41 bits per heavy atom. The van der Waals surface area contributed by atoms with E-state index in [2.05, 4.69) is 31.9 Å². The van der Waals surface area contributed by atoms with E-state index >= 15 is 0 Å². The predicted molar refractivity (Wildman–Crippen MR) is 85.0 cm³/mol. The Morgan fingerprint density at radius 3 is 2.73 bits per heavy atom. The van der Waals surface area contributed by atoms with Crippen LogP contribution >= 0.6 is 15.9 Å². The molecule has 8 heteroatoms. The van der Waals surface area contributed by atoms with Gasteiger partial charge in [0.15, 0.2) is 0 Å². The molecule has 0 aliphatic rings. The summed E-state index contributed by atoms with van der Waals surface area (Å²) in [5.41, 5.74) is 0.0201. The molecule has 6 nitrogen and oxygen atoms in total. The lowest BCUT2D eigenvalue weighted by Crippen LogP contribution is -2.48. The van der Waals surface area contributed by atoms with E-state index in [9.17, 15) is 14.0 Å². The van der Waals surface area contributed by atoms with Crippen molar-refractivity contribution in [3.05, 3.63) is 28.5 Å². The van der Waals surface area contributed by atoms with Crippen molar-refractivity contribution in [2.45, 2.75) is 25.8 Å². The summed E-state index contributed by atoms with van der Waals surface area (Å²) in [4.78, 5) is 23.7. The lowest BCUT2D eigenvalue weighted by molar-refractivity contribution is -0.123. The smallest absolute Gasteiger partial charge is 0.319 e. The van der Waals surface area contributed by atoms with Gasteiger partial charge in [-0.15, -0.1) is 0 Å². The molecular formula is C14H19BrFN3O3. The quantitative estimate of drug-likeness (QED) is 0.587. The third-order valence-electron chi connectivity index (χ3n) is 2.79. The normalized spacial score (nSPS) is 11.6. The van der Waals surface area contributed by atoms with Crippen LogP contribution in [0.1, 0.15) is 19.8 Å². The van der Waals surface area contributed by atoms with Crippen LogP contribution in [0.25, 0.3) is 0 Å². The highest BCUT2D eigenvalue weighted by Gasteiger charge is 2.20. The second-order valence-corrected chi connectivity index (χ2v) is 5.49. The van der Waals surface area contributed by atoms with E-state index in [0.29, 0.717) is 17.3 Å². The molecule has 0 radical (unpaired) electrons. The number of carbonyl (C=O) groups is 2. The number of aliphatic hydroxyl groups is 1. The molecule has 3 amide bonds. The van der Waals surface area contributed by atoms with Crippen LogP contribution in [0, 0.1) is 5.82 Å². The average Bonchev–Trinajstić information content (AvgIpc) is 2.47. The van der Waals surface area contributed by atoms with E-state index < -0.39 is 17.9 Å². The van der Waals surface area contributed by atoms with Crippen LogP contribution in [0.4, 0.5) is 14.9 Å². The second kappa shape index (κ2) is 9.37. The van der Waals surface area contributed by atoms with Gasteiger partial charge in [-0.05, 0) is 24.6 Å². The van der Waals surface area contributed by atoms with Gasteiger partial charge in [-0.25, -0.2) is 9.18 Å². The molecule has 22 heavy (non-hydrogen) atoms. The molecule has 0 fully saturated rings. The number of benzene rings is 1. The molecule has 1 aromatic carbocycles. The number of rotatable bonds is 7. The first-order chi connectivity index (χ1) is 10.5. The fourth-order valence-corrected chi connectivity index (χ4v) is 2.10. The fraction of sp³-hybridized carbons (Fsp3) is 0.429. The molecule has 0 heterocycles. The summed E-state index contributed by atoms with van der Waals surface area (Å²) in [7, 11) is 0. The summed E-state index contributed by atoms with van der Waals surface area (Å²) in [5.74, 6) is -0.969. The molecule has 0 spiro atoms. The van der Waals surface area contributed by atoms with Crippen LogP contribution in [0.3, 0.4) is 0 Å². The summed E-state index contributed by atoms with van der Waals surface area (Å²) in [5, 5.41) is 16.0. The van der Waals surface area contributed by atoms with Crippen molar-refractivity contribution >= 4 is 33.6 Å². The molecule has 0 aliphatic heterocycles. The molecule has 0 unspecified atom stereocenters. The zero-order valence-corrected chi connectivity index (χ0v) is 13.7. The van der Waals surface area contributed by atoms with Crippen LogP contribution in [-0.2, 0) is 4.79 Å². The number of halogens is 2. The van der Waals surface area contributed by atoms with E-state index in [0.717, 1.165) is 0 Å². The number of anilines is 1. The van der Waals surface area contributed by atoms with Crippen LogP contribution in [-0.4, -0.2) is 36.2 Å². The molecule has 1 rings (SSSR count). The molecule has 1 atom stereocenters. The third kappa shape index (κ3) is 5.98. The zero-order valence-electron chi connectivity index (χ0n) is 12.2. The van der Waals surface area contributed by atoms with Gasteiger partial charge >= 0.3 is 6.03 Å². The molecule has 1 aromatic rings. The van der Waals surface area contributed by atoms with Crippen LogP contribution in [0.2, 0.25) is 0 Å². The zero-order chi connectivity index (χ0) is 16.5. The first kappa shape index (κ1) is 18.4. The Labute approximate surface area is 136 Å². The summed E-state index contributed by atoms with van der Waals surface area (Å²) in [6.07, 6.45) is 1.12. The fourth-order valence-electron chi connectivity index (χ4n) is 1.77. The van der Waals surface area contributed by atoms with Gasteiger partial charge in [0.05, 0.1) is 12.3 Å². The van der Waals surface area contributed by atoms with Crippen molar-refractivity contribution in [2.75, 3.05) is 18.5 Å². The SMILES string of the molecule is CCC[C@H](NC(=O)Nc1ccc(Br)cc1F)C(=O)NCCO. The lowest BCUT2D eigenvalue weighted by Gasteiger charge is -2.18. The number of hydrogen-bond donors (Lipinski definition) is 4. The van der Waals surface area contributed by atoms with Crippen molar-refractivity contribution in [3.8, 4) is 0 Å². The van der Waals surface area contributed by atoms with E-state index in [1.165, 1.54) is 12.1 Å². The molecular weight excluding hydrogens is 357 g/mol. The number of urea groups is 1. The van der Waals surface area contributed by atoms with Crippen molar-refractivity contribution in [1.82, 2.24) is 10.6 Å². The van der Waals surface area contributed by atoms with Gasteiger partial charge in [0.25, 0.3) is 0 Å². The highest BCUT2D eigenvalue weighted by atomic mass is 79.9. The average molecular weight is 376 g/mol. The topological polar surface area (TPSA) is 90.5 Å². The minimum absolute atomic E-state index is 0.0201. The van der Waals surface area contributed by atoms with E-state index in [1.54, 1.807) is 6.07 Å². The number of amides is 3. The maximum atomic E-state index is 13.6. The molecule has 0 bridgehead atoms. The van der Waals surface area contributed by atoms with Gasteiger partial charge in [-0.2, -0.15) is 0 Å². The van der Waals surface area contributed by atoms with Gasteiger partial charge < -0.3 is 21.1 Å². The summed E-state index contributed by atoms with van der Waals surface area (Å²) in [6.45, 7) is 1.81. The van der Waals surface area contributed by atoms with Crippen molar-refractivity contribution in [2.24, 2.45) is 0 Å². The van der Waals surface area contributed by atoms with E-state index in [4.69, 9.17) is 5.11 Å². The van der Waals surface area contributed by atoms with Gasteiger partial charge in [0.1, 0.15) is 11.9 Å². The molecule has 0 aromatic heterocycles. The van der Waals surface area contributed by atoms with E-state index in [-0.39, 0.29) is 24.7 Å². The number of hydrogen-bond acceptors (Lipinski definition) is 3. The molecule has 4 N–H and O–H groups in total. The summed E-state index contributed by atoms with van der Waals surface area (Å²) >= 11 is 3.12. The summed E-state index contributed by atoms with van der Waals surface area (Å²) in [6, 6.07) is 2.83. The molecule has 0 saturated heterocycles. The van der Waals surface area contributed by atoms with Gasteiger partial charge in [-0.1, -0.05) is 29.3 Å². The third-order valence-corrected chi connectivity index (χ3v) is 3.28. The minimum atomic E-state index is -0.741. The largest absolute Gasteiger partial charge is 0.395 e. The lowest BCUT2D eigenvalue weighted by atomic mass is 10.1. The highest BCUT2D eigenvalue weighted by molar-refractivity contribution is 9.10. The Bertz CT molecular complexity index is 528. The van der Waals surface area contributed by atoms with Crippen molar-refractivity contribution in [1.29, 1.82) is 0 Å². The monoisotopic (exact) mass is 375 g/mol. The first-order valence-electron chi connectivity index (χ1n) is 6.89. The summed E-state index contributed by atoms with van der Waals surface area (Å²) < 4.78 is 14.2. The van der Waals surface area contributed by atoms with Gasteiger partial charge in [0, 0.05) is 11.0 Å². The Morgan fingerprint density at radius 2 is 2.14 bits per heavy atom. The molecule has 122 valence electrons. The maximum Gasteiger partial charge on any atom is 0.319 e. The Balaban J connectivity index is 2.64. The number of aliphatic hydroxyl groups excluding tert-OH is 1. The number of nitrogens with one attached hydrogen (secondary N) is 3. The number of carbonyl (C=O) groups excluding carboxylic acids is 2. The highest BCUT2D eigenvalue weighted by Crippen LogP contribution is 2.19. The van der Waals surface area contributed by atoms with Crippen molar-refractivity contribution < 1.29 is 19.1 Å². The van der Waals surface area contributed by atoms with Crippen LogP contribution < -0.4 is 16.0 Å². The Hall–Kier alpha value is -1.67. The first-order valence-corrected chi connectivity index (χ1v) is 7.68. The minimum Gasteiger partial charge on any atom is -0.395 e. The standard InChI is InChI=1S/C14H19BrFN3O3/c1-2-3-12(13(21)17-6-7-20)19-14(22)18-11-5-4-9(15)8-10(11)16/h4-5,8,12,20H,2-3,6-7H2,1H3,(H,17,21)(H2,18,19,22)/t12-/m0/s1. The van der Waals surface area contributed by atoms with Crippen LogP contribution in [0.15, 0.2) is 22.7 Å². The molecule has 0 aliphatic carbocycles. The maximum absolute atomic E-state index is 13.6. The van der Waals surface area contributed by atoms with Gasteiger partial charge in [-0.3, -0.25) is 4.79 Å². The predicted octanol–water partition coefficient (Wildman–Crippen LogP) is 1.99. The van der Waals surface area contributed by atoms with Crippen molar-refractivity contribution in [3.63, 3.8) is 0 Å². The molecule has 0 saturated carbocycles. The van der Waals surface area contributed by atoms with Gasteiger partial charge in [0.2, 0.25) is 5.91 Å². The Kier molecular flexibility index (Phi) is 7.83. The van der Waals surface area contributed by atoms with Crippen LogP contribution in [0.5, 0.6) is 0 Å². The second-order valence-electron chi connectivity index (χ2n) is 4.58. The van der Waals surface area contributed by atoms with E-state index in [1.807, 2.05) is 6.92 Å².